The number of hydrogen-bond donors (Lipinski definition) is 2. The molecule has 2 N–H and O–H groups in total. The average Bonchev–Trinajstić information content (AvgIpc) is 2.64. The largest absolute Gasteiger partial charge is 0.445 e. The van der Waals surface area contributed by atoms with Gasteiger partial charge in [-0.1, -0.05) is 48.5 Å². The van der Waals surface area contributed by atoms with Gasteiger partial charge < -0.3 is 15.4 Å². The van der Waals surface area contributed by atoms with Gasteiger partial charge in [-0.25, -0.2) is 9.18 Å². The van der Waals surface area contributed by atoms with E-state index in [2.05, 4.69) is 10.6 Å². The summed E-state index contributed by atoms with van der Waals surface area (Å²) in [5, 5.41) is 13.7. The molecule has 0 bridgehead atoms. The molecule has 0 aromatic heterocycles. The minimum atomic E-state index is -1.14. The Bertz CT molecular complexity index is 775. The van der Waals surface area contributed by atoms with Gasteiger partial charge in [-0.3, -0.25) is 4.79 Å². The topological polar surface area (TPSA) is 91.2 Å². The normalized spacial score (nSPS) is 11.0. The van der Waals surface area contributed by atoms with Crippen molar-refractivity contribution >= 4 is 12.0 Å². The summed E-state index contributed by atoms with van der Waals surface area (Å²) in [7, 11) is 0. The van der Waals surface area contributed by atoms with E-state index < -0.39 is 23.9 Å². The molecule has 128 valence electrons. The van der Waals surface area contributed by atoms with Crippen LogP contribution in [0.2, 0.25) is 0 Å². The summed E-state index contributed by atoms with van der Waals surface area (Å²) >= 11 is 0. The van der Waals surface area contributed by atoms with Crippen LogP contribution in [-0.2, 0) is 16.1 Å². The summed E-state index contributed by atoms with van der Waals surface area (Å²) in [5.41, 5.74) is 0.871. The molecule has 2 amide bonds. The Morgan fingerprint density at radius 2 is 1.80 bits per heavy atom. The van der Waals surface area contributed by atoms with Crippen LogP contribution >= 0.6 is 0 Å². The number of nitriles is 1. The lowest BCUT2D eigenvalue weighted by Gasteiger charge is -2.13. The molecule has 25 heavy (non-hydrogen) atoms. The van der Waals surface area contributed by atoms with Crippen molar-refractivity contribution in [1.82, 2.24) is 10.6 Å². The predicted molar refractivity (Wildman–Crippen MR) is 87.5 cm³/mol. The first-order valence-corrected chi connectivity index (χ1v) is 7.48. The van der Waals surface area contributed by atoms with Crippen molar-refractivity contribution in [1.29, 1.82) is 5.26 Å². The highest BCUT2D eigenvalue weighted by Gasteiger charge is 2.17. The van der Waals surface area contributed by atoms with Crippen LogP contribution in [0.25, 0.3) is 0 Å². The average molecular weight is 341 g/mol. The van der Waals surface area contributed by atoms with Crippen molar-refractivity contribution in [2.75, 3.05) is 6.54 Å². The van der Waals surface area contributed by atoms with E-state index in [1.165, 1.54) is 18.2 Å². The molecule has 0 aliphatic carbocycles. The number of alkyl carbamates (subject to hydrolysis) is 1. The van der Waals surface area contributed by atoms with Gasteiger partial charge in [-0.05, 0) is 11.6 Å². The Morgan fingerprint density at radius 3 is 2.48 bits per heavy atom. The van der Waals surface area contributed by atoms with Gasteiger partial charge >= 0.3 is 6.09 Å². The Morgan fingerprint density at radius 1 is 1.12 bits per heavy atom. The third-order valence-electron chi connectivity index (χ3n) is 3.26. The van der Waals surface area contributed by atoms with Crippen LogP contribution in [0.15, 0.2) is 54.6 Å². The van der Waals surface area contributed by atoms with Crippen molar-refractivity contribution in [3.05, 3.63) is 71.5 Å². The fourth-order valence-electron chi connectivity index (χ4n) is 2.03. The van der Waals surface area contributed by atoms with Crippen molar-refractivity contribution in [3.8, 4) is 6.07 Å². The lowest BCUT2D eigenvalue weighted by atomic mass is 10.1. The molecular formula is C18H16FN3O3. The SMILES string of the molecule is N#C[C@@H](NC(=O)CNC(=O)OCc1ccccc1)c1ccccc1F. The van der Waals surface area contributed by atoms with Crippen LogP contribution in [-0.4, -0.2) is 18.5 Å². The number of nitrogens with zero attached hydrogens (tertiary/aromatic N) is 1. The number of nitrogens with one attached hydrogen (secondary N) is 2. The van der Waals surface area contributed by atoms with Gasteiger partial charge in [0.15, 0.2) is 0 Å². The molecule has 0 heterocycles. The van der Waals surface area contributed by atoms with Crippen molar-refractivity contribution < 1.29 is 18.7 Å². The minimum Gasteiger partial charge on any atom is -0.445 e. The second-order valence-electron chi connectivity index (χ2n) is 5.07. The van der Waals surface area contributed by atoms with E-state index in [9.17, 15) is 14.0 Å². The van der Waals surface area contributed by atoms with Gasteiger partial charge in [0.1, 0.15) is 25.0 Å². The molecule has 6 nitrogen and oxygen atoms in total. The van der Waals surface area contributed by atoms with Crippen molar-refractivity contribution in [2.24, 2.45) is 0 Å². The van der Waals surface area contributed by atoms with Crippen LogP contribution < -0.4 is 10.6 Å². The summed E-state index contributed by atoms with van der Waals surface area (Å²) in [5.74, 6) is -1.23. The van der Waals surface area contributed by atoms with Gasteiger partial charge in [0.25, 0.3) is 0 Å². The second kappa shape index (κ2) is 9.03. The smallest absolute Gasteiger partial charge is 0.407 e. The van der Waals surface area contributed by atoms with Gasteiger partial charge in [-0.15, -0.1) is 0 Å². The van der Waals surface area contributed by atoms with Crippen LogP contribution in [0.5, 0.6) is 0 Å². The highest BCUT2D eigenvalue weighted by atomic mass is 19.1. The van der Waals surface area contributed by atoms with Gasteiger partial charge in [0, 0.05) is 5.56 Å². The van der Waals surface area contributed by atoms with E-state index in [0.29, 0.717) is 0 Å². The maximum Gasteiger partial charge on any atom is 0.407 e. The Balaban J connectivity index is 1.78. The van der Waals surface area contributed by atoms with Crippen LogP contribution in [0, 0.1) is 17.1 Å². The summed E-state index contributed by atoms with van der Waals surface area (Å²) in [4.78, 5) is 23.4. The number of ether oxygens (including phenoxy) is 1. The molecule has 0 radical (unpaired) electrons. The fraction of sp³-hybridized carbons (Fsp3) is 0.167. The number of halogens is 1. The summed E-state index contributed by atoms with van der Waals surface area (Å²) in [6.07, 6.45) is -0.765. The molecule has 2 aromatic rings. The Labute approximate surface area is 144 Å². The molecule has 0 unspecified atom stereocenters. The van der Waals surface area contributed by atoms with E-state index in [1.807, 2.05) is 24.3 Å². The van der Waals surface area contributed by atoms with Crippen LogP contribution in [0.1, 0.15) is 17.2 Å². The summed E-state index contributed by atoms with van der Waals surface area (Å²) < 4.78 is 18.6. The van der Waals surface area contributed by atoms with E-state index in [4.69, 9.17) is 10.00 Å². The zero-order valence-corrected chi connectivity index (χ0v) is 13.2. The third-order valence-corrected chi connectivity index (χ3v) is 3.26. The van der Waals surface area contributed by atoms with Crippen LogP contribution in [0.4, 0.5) is 9.18 Å². The summed E-state index contributed by atoms with van der Waals surface area (Å²) in [6.45, 7) is -0.315. The lowest BCUT2D eigenvalue weighted by Crippen LogP contribution is -2.38. The van der Waals surface area contributed by atoms with Crippen LogP contribution in [0.3, 0.4) is 0 Å². The van der Waals surface area contributed by atoms with E-state index in [1.54, 1.807) is 18.2 Å². The second-order valence-corrected chi connectivity index (χ2v) is 5.07. The van der Waals surface area contributed by atoms with Gasteiger partial charge in [0.2, 0.25) is 5.91 Å². The standard InChI is InChI=1S/C18H16FN3O3/c19-15-9-5-4-8-14(15)16(10-20)22-17(23)11-21-18(24)25-12-13-6-2-1-3-7-13/h1-9,16H,11-12H2,(H,21,24)(H,22,23)/t16-/m1/s1. The van der Waals surface area contributed by atoms with Crippen molar-refractivity contribution in [3.63, 3.8) is 0 Å². The van der Waals surface area contributed by atoms with Gasteiger partial charge in [0.05, 0.1) is 6.07 Å². The molecule has 1 atom stereocenters. The molecule has 2 rings (SSSR count). The lowest BCUT2D eigenvalue weighted by molar-refractivity contribution is -0.120. The highest BCUT2D eigenvalue weighted by Crippen LogP contribution is 2.15. The highest BCUT2D eigenvalue weighted by molar-refractivity contribution is 5.82. The molecule has 0 spiro atoms. The molecule has 0 fully saturated rings. The molecule has 0 saturated carbocycles. The maximum absolute atomic E-state index is 13.7. The molecule has 0 saturated heterocycles. The van der Waals surface area contributed by atoms with E-state index in [-0.39, 0.29) is 18.7 Å². The number of carbonyl (C=O) groups is 2. The minimum absolute atomic E-state index is 0.0602. The zero-order valence-electron chi connectivity index (χ0n) is 13.2. The maximum atomic E-state index is 13.7. The molecular weight excluding hydrogens is 325 g/mol. The monoisotopic (exact) mass is 341 g/mol. The number of rotatable bonds is 6. The first-order valence-electron chi connectivity index (χ1n) is 7.48. The third kappa shape index (κ3) is 5.62. The molecule has 0 aliphatic heterocycles. The number of carbonyl (C=O) groups excluding carboxylic acids is 2. The quantitative estimate of drug-likeness (QED) is 0.844. The Kier molecular flexibility index (Phi) is 6.48. The first kappa shape index (κ1) is 17.9. The Hall–Kier alpha value is -3.40. The number of hydrogen-bond acceptors (Lipinski definition) is 4. The van der Waals surface area contributed by atoms with E-state index in [0.717, 1.165) is 5.56 Å². The van der Waals surface area contributed by atoms with Crippen molar-refractivity contribution in [2.45, 2.75) is 12.6 Å². The molecule has 0 aliphatic rings. The predicted octanol–water partition coefficient (Wildman–Crippen LogP) is 2.43. The first-order chi connectivity index (χ1) is 12.1. The number of amides is 2. The summed E-state index contributed by atoms with van der Waals surface area (Å²) in [6, 6.07) is 15.4. The number of benzene rings is 2. The van der Waals surface area contributed by atoms with Gasteiger partial charge in [-0.2, -0.15) is 5.26 Å². The molecule has 7 heteroatoms. The van der Waals surface area contributed by atoms with E-state index >= 15 is 0 Å². The molecule has 2 aromatic carbocycles. The zero-order chi connectivity index (χ0) is 18.1. The fourth-order valence-corrected chi connectivity index (χ4v) is 2.03.